The predicted molar refractivity (Wildman–Crippen MR) is 107 cm³/mol. The zero-order valence-electron chi connectivity index (χ0n) is 18.2. The Kier molecular flexibility index (Phi) is 6.87. The van der Waals surface area contributed by atoms with Crippen molar-refractivity contribution in [1.82, 2.24) is 9.96 Å². The van der Waals surface area contributed by atoms with Crippen molar-refractivity contribution in [3.63, 3.8) is 0 Å². The third-order valence-corrected chi connectivity index (χ3v) is 3.74. The van der Waals surface area contributed by atoms with E-state index in [0.29, 0.717) is 16.2 Å². The molecular weight excluding hydrogens is 392 g/mol. The number of hydrogen-bond acceptors (Lipinski definition) is 7. The Morgan fingerprint density at radius 3 is 1.70 bits per heavy atom. The molecule has 0 atom stereocenters. The van der Waals surface area contributed by atoms with Gasteiger partial charge in [0.15, 0.2) is 0 Å². The normalized spacial score (nSPS) is 13.9. The van der Waals surface area contributed by atoms with Crippen molar-refractivity contribution in [2.75, 3.05) is 13.2 Å². The molecule has 164 valence electrons. The number of benzene rings is 1. The van der Waals surface area contributed by atoms with Crippen molar-refractivity contribution >= 4 is 24.0 Å². The van der Waals surface area contributed by atoms with Gasteiger partial charge in [-0.3, -0.25) is 19.3 Å². The minimum absolute atomic E-state index is 0.0722. The standard InChI is InChI=1S/C21H28N2O7/c1-20(2,3)29-18(26)23(19(27)30-21(4,5)6)28-13-9-12-22-16(24)14-10-7-8-11-15(14)17(22)25/h7-8,10-11H,9,12-13H2,1-6H3. The van der Waals surface area contributed by atoms with Crippen LogP contribution in [0.15, 0.2) is 24.3 Å². The second-order valence-electron chi connectivity index (χ2n) is 8.75. The van der Waals surface area contributed by atoms with Gasteiger partial charge < -0.3 is 9.47 Å². The van der Waals surface area contributed by atoms with Crippen molar-refractivity contribution < 1.29 is 33.5 Å². The summed E-state index contributed by atoms with van der Waals surface area (Å²) in [6.07, 6.45) is -1.83. The molecule has 0 unspecified atom stereocenters. The first-order valence-electron chi connectivity index (χ1n) is 9.64. The van der Waals surface area contributed by atoms with Crippen LogP contribution in [0.2, 0.25) is 0 Å². The van der Waals surface area contributed by atoms with Gasteiger partial charge in [-0.2, -0.15) is 0 Å². The van der Waals surface area contributed by atoms with Crippen LogP contribution >= 0.6 is 0 Å². The van der Waals surface area contributed by atoms with Crippen LogP contribution in [0.1, 0.15) is 68.7 Å². The average Bonchev–Trinajstić information content (AvgIpc) is 2.83. The van der Waals surface area contributed by atoms with Gasteiger partial charge >= 0.3 is 12.2 Å². The summed E-state index contributed by atoms with van der Waals surface area (Å²) >= 11 is 0. The topological polar surface area (TPSA) is 102 Å². The highest BCUT2D eigenvalue weighted by atomic mass is 16.8. The molecule has 0 radical (unpaired) electrons. The summed E-state index contributed by atoms with van der Waals surface area (Å²) in [5.74, 6) is -0.765. The summed E-state index contributed by atoms with van der Waals surface area (Å²) in [6.45, 7) is 9.87. The molecule has 1 heterocycles. The number of amides is 4. The van der Waals surface area contributed by atoms with E-state index in [-0.39, 0.29) is 31.4 Å². The molecule has 0 fully saturated rings. The molecule has 0 aliphatic carbocycles. The molecule has 1 aromatic rings. The van der Waals surface area contributed by atoms with Crippen molar-refractivity contribution in [2.45, 2.75) is 59.2 Å². The minimum Gasteiger partial charge on any atom is -0.442 e. The fourth-order valence-corrected chi connectivity index (χ4v) is 2.61. The molecule has 0 saturated heterocycles. The Balaban J connectivity index is 1.97. The van der Waals surface area contributed by atoms with Crippen molar-refractivity contribution in [3.05, 3.63) is 35.4 Å². The van der Waals surface area contributed by atoms with Gasteiger partial charge in [-0.15, -0.1) is 0 Å². The summed E-state index contributed by atoms with van der Waals surface area (Å²) in [4.78, 5) is 55.8. The third kappa shape index (κ3) is 6.03. The fraction of sp³-hybridized carbons (Fsp3) is 0.524. The molecule has 0 saturated carbocycles. The van der Waals surface area contributed by atoms with E-state index in [4.69, 9.17) is 14.3 Å². The van der Waals surface area contributed by atoms with Gasteiger partial charge in [0.1, 0.15) is 11.2 Å². The van der Waals surface area contributed by atoms with Gasteiger partial charge in [0.2, 0.25) is 0 Å². The zero-order chi connectivity index (χ0) is 22.7. The summed E-state index contributed by atoms with van der Waals surface area (Å²) in [5, 5.41) is 0.416. The van der Waals surface area contributed by atoms with E-state index in [2.05, 4.69) is 0 Å². The number of fused-ring (bicyclic) bond motifs is 1. The molecule has 9 nitrogen and oxygen atoms in total. The van der Waals surface area contributed by atoms with E-state index < -0.39 is 23.4 Å². The number of carbonyl (C=O) groups excluding carboxylic acids is 4. The van der Waals surface area contributed by atoms with Gasteiger partial charge in [-0.1, -0.05) is 17.2 Å². The van der Waals surface area contributed by atoms with Crippen LogP contribution in [-0.4, -0.2) is 58.3 Å². The van der Waals surface area contributed by atoms with E-state index >= 15 is 0 Å². The van der Waals surface area contributed by atoms with Crippen LogP contribution in [0.5, 0.6) is 0 Å². The molecule has 2 rings (SSSR count). The van der Waals surface area contributed by atoms with E-state index in [1.54, 1.807) is 65.8 Å². The fourth-order valence-electron chi connectivity index (χ4n) is 2.61. The van der Waals surface area contributed by atoms with Crippen molar-refractivity contribution in [2.24, 2.45) is 0 Å². The van der Waals surface area contributed by atoms with Crippen LogP contribution in [0.3, 0.4) is 0 Å². The van der Waals surface area contributed by atoms with Gasteiger partial charge in [0.25, 0.3) is 11.8 Å². The van der Waals surface area contributed by atoms with E-state index in [0.717, 1.165) is 4.90 Å². The number of imide groups is 2. The van der Waals surface area contributed by atoms with Crippen LogP contribution in [0.25, 0.3) is 0 Å². The van der Waals surface area contributed by atoms with Gasteiger partial charge in [0, 0.05) is 6.54 Å². The number of rotatable bonds is 5. The minimum atomic E-state index is -1.02. The van der Waals surface area contributed by atoms with E-state index in [9.17, 15) is 19.2 Å². The molecular formula is C21H28N2O7. The molecule has 0 bridgehead atoms. The quantitative estimate of drug-likeness (QED) is 0.406. The number of nitrogens with zero attached hydrogens (tertiary/aromatic N) is 2. The Morgan fingerprint density at radius 2 is 1.30 bits per heavy atom. The molecule has 1 aromatic carbocycles. The first-order chi connectivity index (χ1) is 13.8. The van der Waals surface area contributed by atoms with Gasteiger partial charge in [-0.05, 0) is 60.1 Å². The number of ether oxygens (including phenoxy) is 2. The SMILES string of the molecule is CC(C)(C)OC(=O)N(OCCCN1C(=O)c2ccccc2C1=O)C(=O)OC(C)(C)C. The first kappa shape index (κ1) is 23.3. The highest BCUT2D eigenvalue weighted by Gasteiger charge is 2.35. The Morgan fingerprint density at radius 1 is 0.867 bits per heavy atom. The van der Waals surface area contributed by atoms with Crippen LogP contribution < -0.4 is 0 Å². The van der Waals surface area contributed by atoms with Crippen LogP contribution in [-0.2, 0) is 14.3 Å². The maximum absolute atomic E-state index is 12.4. The smallest absolute Gasteiger partial charge is 0.442 e. The summed E-state index contributed by atoms with van der Waals surface area (Å²) in [7, 11) is 0. The second kappa shape index (κ2) is 8.83. The van der Waals surface area contributed by atoms with Crippen LogP contribution in [0.4, 0.5) is 9.59 Å². The third-order valence-electron chi connectivity index (χ3n) is 3.74. The molecule has 30 heavy (non-hydrogen) atoms. The number of hydrogen-bond donors (Lipinski definition) is 0. The maximum Gasteiger partial charge on any atom is 0.444 e. The Labute approximate surface area is 175 Å². The summed E-state index contributed by atoms with van der Waals surface area (Å²) < 4.78 is 10.4. The van der Waals surface area contributed by atoms with E-state index in [1.165, 1.54) is 0 Å². The predicted octanol–water partition coefficient (Wildman–Crippen LogP) is 3.78. The average molecular weight is 420 g/mol. The number of hydroxylamine groups is 2. The second-order valence-corrected chi connectivity index (χ2v) is 8.75. The van der Waals surface area contributed by atoms with Crippen LogP contribution in [0, 0.1) is 0 Å². The highest BCUT2D eigenvalue weighted by molar-refractivity contribution is 6.21. The highest BCUT2D eigenvalue weighted by Crippen LogP contribution is 2.22. The molecule has 0 spiro atoms. The molecule has 4 amide bonds. The molecule has 0 aromatic heterocycles. The Bertz CT molecular complexity index is 773. The van der Waals surface area contributed by atoms with E-state index in [1.807, 2.05) is 0 Å². The maximum atomic E-state index is 12.4. The van der Waals surface area contributed by atoms with Crippen molar-refractivity contribution in [1.29, 1.82) is 0 Å². The monoisotopic (exact) mass is 420 g/mol. The Hall–Kier alpha value is -2.94. The molecule has 1 aliphatic heterocycles. The first-order valence-corrected chi connectivity index (χ1v) is 9.64. The zero-order valence-corrected chi connectivity index (χ0v) is 18.2. The van der Waals surface area contributed by atoms with Gasteiger partial charge in [-0.25, -0.2) is 9.59 Å². The lowest BCUT2D eigenvalue weighted by Crippen LogP contribution is -2.44. The molecule has 1 aliphatic rings. The molecule has 9 heteroatoms. The lowest BCUT2D eigenvalue weighted by molar-refractivity contribution is -0.139. The number of carbonyl (C=O) groups is 4. The lowest BCUT2D eigenvalue weighted by atomic mass is 10.1. The summed E-state index contributed by atoms with van der Waals surface area (Å²) in [5.41, 5.74) is -0.984. The van der Waals surface area contributed by atoms with Gasteiger partial charge in [0.05, 0.1) is 17.7 Å². The molecule has 0 N–H and O–H groups in total. The summed E-state index contributed by atoms with van der Waals surface area (Å²) in [6, 6.07) is 6.57. The lowest BCUT2D eigenvalue weighted by Gasteiger charge is -2.27. The largest absolute Gasteiger partial charge is 0.444 e. The van der Waals surface area contributed by atoms with Crippen molar-refractivity contribution in [3.8, 4) is 0 Å².